The highest BCUT2D eigenvalue weighted by Crippen LogP contribution is 2.28. The normalized spacial score (nSPS) is 14.7. The van der Waals surface area contributed by atoms with E-state index in [0.29, 0.717) is 19.4 Å². The maximum Gasteiger partial charge on any atom is 0.313 e. The molecule has 162 valence electrons. The van der Waals surface area contributed by atoms with Gasteiger partial charge in [0.15, 0.2) is 0 Å². The molecule has 0 heterocycles. The van der Waals surface area contributed by atoms with Crippen LogP contribution in [0.1, 0.15) is 53.4 Å². The monoisotopic (exact) mass is 428 g/mol. The zero-order valence-electron chi connectivity index (χ0n) is 17.3. The number of rotatable bonds is 16. The zero-order chi connectivity index (χ0) is 21.0. The number of hydrogen-bond acceptors (Lipinski definition) is 7. The lowest BCUT2D eigenvalue weighted by Crippen LogP contribution is -2.33. The van der Waals surface area contributed by atoms with Crippen molar-refractivity contribution in [2.24, 2.45) is 10.8 Å². The highest BCUT2D eigenvalue weighted by Gasteiger charge is 2.32. The minimum Gasteiger partial charge on any atom is -0.469 e. The predicted octanol–water partition coefficient (Wildman–Crippen LogP) is 3.38. The number of unbranched alkanes of at least 4 members (excludes halogenated alkanes) is 1. The third-order valence-corrected chi connectivity index (χ3v) is 6.66. The van der Waals surface area contributed by atoms with Gasteiger partial charge in [0.2, 0.25) is 0 Å². The second-order valence-electron chi connectivity index (χ2n) is 7.74. The van der Waals surface area contributed by atoms with Crippen LogP contribution in [0.4, 0.5) is 0 Å². The van der Waals surface area contributed by atoms with E-state index >= 15 is 0 Å². The molecule has 1 atom stereocenters. The molecule has 0 fully saturated rings. The first-order valence-corrected chi connectivity index (χ1v) is 12.0. The Bertz CT molecular complexity index is 520. The molecule has 0 radical (unpaired) electrons. The fraction of sp³-hybridized carbons (Fsp3) is 0.944. The van der Waals surface area contributed by atoms with Crippen LogP contribution in [0.2, 0.25) is 0 Å². The van der Waals surface area contributed by atoms with Gasteiger partial charge in [-0.05, 0) is 37.4 Å². The van der Waals surface area contributed by atoms with Gasteiger partial charge in [0.25, 0.3) is 10.1 Å². The van der Waals surface area contributed by atoms with Gasteiger partial charge < -0.3 is 14.2 Å². The number of methoxy groups -OCH3 is 1. The molecule has 0 saturated carbocycles. The topological polar surface area (TPSA) is 99.1 Å². The quantitative estimate of drug-likeness (QED) is 0.173. The van der Waals surface area contributed by atoms with Gasteiger partial charge in [-0.2, -0.15) is 20.2 Å². The molecule has 0 aromatic heterocycles. The first-order chi connectivity index (χ1) is 12.5. The Morgan fingerprint density at radius 1 is 1.15 bits per heavy atom. The summed E-state index contributed by atoms with van der Waals surface area (Å²) in [4.78, 5) is 11.7. The molecule has 0 aliphatic rings. The molecule has 0 amide bonds. The second kappa shape index (κ2) is 13.0. The molecular weight excluding hydrogens is 392 g/mol. The number of carbonyl (C=O) groups is 1. The number of hydrogen-bond donors (Lipinski definition) is 1. The third-order valence-electron chi connectivity index (χ3n) is 4.42. The van der Waals surface area contributed by atoms with Crippen molar-refractivity contribution in [1.29, 1.82) is 0 Å². The van der Waals surface area contributed by atoms with Gasteiger partial charge >= 0.3 is 5.97 Å². The second-order valence-corrected chi connectivity index (χ2v) is 10.4. The fourth-order valence-corrected chi connectivity index (χ4v) is 4.01. The Kier molecular flexibility index (Phi) is 12.8. The molecule has 7 nitrogen and oxygen atoms in total. The molecule has 0 aliphatic carbocycles. The lowest BCUT2D eigenvalue weighted by atomic mass is 9.89. The van der Waals surface area contributed by atoms with E-state index in [2.05, 4.69) is 13.8 Å². The Hall–Kier alpha value is -0.350. The summed E-state index contributed by atoms with van der Waals surface area (Å²) in [6.45, 7) is 9.00. The van der Waals surface area contributed by atoms with Crippen LogP contribution in [0.15, 0.2) is 0 Å². The molecule has 0 spiro atoms. The maximum absolute atomic E-state index is 11.7. The smallest absolute Gasteiger partial charge is 0.313 e. The minimum atomic E-state index is -3.85. The van der Waals surface area contributed by atoms with Gasteiger partial charge in [-0.3, -0.25) is 9.35 Å². The van der Waals surface area contributed by atoms with E-state index in [1.807, 2.05) is 13.8 Å². The SMILES string of the molecule is CCC(C)(COCOCCSCC(C)(C)CCCCS(=O)(=O)O)C(=O)OC. The van der Waals surface area contributed by atoms with Crippen LogP contribution in [0.3, 0.4) is 0 Å². The largest absolute Gasteiger partial charge is 0.469 e. The summed E-state index contributed by atoms with van der Waals surface area (Å²) in [5, 5.41) is 0. The van der Waals surface area contributed by atoms with Crippen LogP contribution in [-0.2, 0) is 29.1 Å². The van der Waals surface area contributed by atoms with Crippen LogP contribution < -0.4 is 0 Å². The summed E-state index contributed by atoms with van der Waals surface area (Å²) in [6.07, 6.45) is 2.79. The van der Waals surface area contributed by atoms with Crippen molar-refractivity contribution in [2.45, 2.75) is 53.4 Å². The van der Waals surface area contributed by atoms with Crippen molar-refractivity contribution in [3.05, 3.63) is 0 Å². The van der Waals surface area contributed by atoms with Crippen LogP contribution in [0.5, 0.6) is 0 Å². The summed E-state index contributed by atoms with van der Waals surface area (Å²) >= 11 is 1.78. The van der Waals surface area contributed by atoms with Gasteiger partial charge in [-0.1, -0.05) is 27.2 Å². The summed E-state index contributed by atoms with van der Waals surface area (Å²) < 4.78 is 45.8. The van der Waals surface area contributed by atoms with Crippen molar-refractivity contribution in [2.75, 3.05) is 44.4 Å². The fourth-order valence-electron chi connectivity index (χ4n) is 2.36. The molecule has 0 rings (SSSR count). The van der Waals surface area contributed by atoms with Crippen molar-refractivity contribution in [3.63, 3.8) is 0 Å². The Labute approximate surface area is 168 Å². The maximum atomic E-state index is 11.7. The number of ether oxygens (including phenoxy) is 3. The first-order valence-electron chi connectivity index (χ1n) is 9.22. The van der Waals surface area contributed by atoms with Gasteiger partial charge in [-0.25, -0.2) is 0 Å². The molecule has 0 aromatic rings. The average molecular weight is 429 g/mol. The van der Waals surface area contributed by atoms with E-state index in [1.54, 1.807) is 11.8 Å². The van der Waals surface area contributed by atoms with E-state index in [9.17, 15) is 13.2 Å². The lowest BCUT2D eigenvalue weighted by molar-refractivity contribution is -0.159. The van der Waals surface area contributed by atoms with Gasteiger partial charge in [-0.15, -0.1) is 0 Å². The summed E-state index contributed by atoms with van der Waals surface area (Å²) in [7, 11) is -2.48. The summed E-state index contributed by atoms with van der Waals surface area (Å²) in [5.74, 6) is 1.33. The highest BCUT2D eigenvalue weighted by molar-refractivity contribution is 7.99. The Balaban J connectivity index is 3.77. The van der Waals surface area contributed by atoms with Crippen molar-refractivity contribution >= 4 is 27.8 Å². The van der Waals surface area contributed by atoms with Crippen LogP contribution in [0, 0.1) is 10.8 Å². The van der Waals surface area contributed by atoms with E-state index in [0.717, 1.165) is 24.3 Å². The molecular formula is C18H36O7S2. The van der Waals surface area contributed by atoms with E-state index in [-0.39, 0.29) is 30.5 Å². The molecule has 0 bridgehead atoms. The molecule has 1 unspecified atom stereocenters. The molecule has 0 aromatic carbocycles. The van der Waals surface area contributed by atoms with Crippen molar-refractivity contribution < 1.29 is 32.0 Å². The first kappa shape index (κ1) is 26.6. The third kappa shape index (κ3) is 13.5. The van der Waals surface area contributed by atoms with E-state index in [1.165, 1.54) is 7.11 Å². The zero-order valence-corrected chi connectivity index (χ0v) is 18.9. The summed E-state index contributed by atoms with van der Waals surface area (Å²) in [6, 6.07) is 0. The van der Waals surface area contributed by atoms with Crippen LogP contribution in [0.25, 0.3) is 0 Å². The van der Waals surface area contributed by atoms with Crippen molar-refractivity contribution in [1.82, 2.24) is 0 Å². The number of thioether (sulfide) groups is 1. The standard InChI is InChI=1S/C18H36O7S2/c1-6-18(4,16(19)23-5)13-25-15-24-10-11-26-14-17(2,3)9-7-8-12-27(20,21)22/h6-15H2,1-5H3,(H,20,21,22). The van der Waals surface area contributed by atoms with Gasteiger partial charge in [0.05, 0.1) is 31.5 Å². The predicted molar refractivity (Wildman–Crippen MR) is 109 cm³/mol. The van der Waals surface area contributed by atoms with Crippen LogP contribution in [-0.4, -0.2) is 63.3 Å². The minimum absolute atomic E-state index is 0.101. The number of esters is 1. The Morgan fingerprint density at radius 2 is 1.81 bits per heavy atom. The van der Waals surface area contributed by atoms with Crippen molar-refractivity contribution in [3.8, 4) is 0 Å². The summed E-state index contributed by atoms with van der Waals surface area (Å²) in [5.41, 5.74) is -0.546. The van der Waals surface area contributed by atoms with E-state index < -0.39 is 15.5 Å². The average Bonchev–Trinajstić information content (AvgIpc) is 2.59. The van der Waals surface area contributed by atoms with Gasteiger partial charge in [0, 0.05) is 5.75 Å². The number of carbonyl (C=O) groups excluding carboxylic acids is 1. The van der Waals surface area contributed by atoms with Crippen LogP contribution >= 0.6 is 11.8 Å². The molecule has 0 saturated heterocycles. The van der Waals surface area contributed by atoms with E-state index in [4.69, 9.17) is 18.8 Å². The molecule has 27 heavy (non-hydrogen) atoms. The molecule has 9 heteroatoms. The Morgan fingerprint density at radius 3 is 2.37 bits per heavy atom. The van der Waals surface area contributed by atoms with Gasteiger partial charge in [0.1, 0.15) is 6.79 Å². The highest BCUT2D eigenvalue weighted by atomic mass is 32.2. The molecule has 0 aliphatic heterocycles. The molecule has 1 N–H and O–H groups in total. The lowest BCUT2D eigenvalue weighted by Gasteiger charge is -2.25.